The number of hydrogen-bond donors (Lipinski definition) is 1. The van der Waals surface area contributed by atoms with Gasteiger partial charge in [0.1, 0.15) is 11.9 Å². The van der Waals surface area contributed by atoms with Crippen LogP contribution in [0.25, 0.3) is 0 Å². The number of carbonyl (C=O) groups is 1. The number of nitrogens with zero attached hydrogens (tertiary/aromatic N) is 4. The van der Waals surface area contributed by atoms with E-state index in [1.54, 1.807) is 17.0 Å². The lowest BCUT2D eigenvalue weighted by molar-refractivity contribution is -0.385. The largest absolute Gasteiger partial charge is 0.340 e. The van der Waals surface area contributed by atoms with Crippen LogP contribution in [0.1, 0.15) is 18.2 Å². The molecular formula is C16H13N5O3. The number of pyridine rings is 1. The van der Waals surface area contributed by atoms with Gasteiger partial charge in [0.25, 0.3) is 0 Å². The van der Waals surface area contributed by atoms with Crippen LogP contribution >= 0.6 is 0 Å². The molecule has 1 aliphatic heterocycles. The maximum absolute atomic E-state index is 11.6. The first-order chi connectivity index (χ1) is 11.5. The van der Waals surface area contributed by atoms with Crippen LogP contribution in [0.3, 0.4) is 0 Å². The lowest BCUT2D eigenvalue weighted by Gasteiger charge is -2.15. The van der Waals surface area contributed by atoms with E-state index in [4.69, 9.17) is 5.26 Å². The zero-order chi connectivity index (χ0) is 17.3. The predicted molar refractivity (Wildman–Crippen MR) is 87.1 cm³/mol. The van der Waals surface area contributed by atoms with Gasteiger partial charge in [0.15, 0.2) is 0 Å². The second kappa shape index (κ2) is 5.96. The summed E-state index contributed by atoms with van der Waals surface area (Å²) in [6.45, 7) is 2.19. The molecule has 0 saturated carbocycles. The summed E-state index contributed by atoms with van der Waals surface area (Å²) < 4.78 is 0. The third-order valence-electron chi connectivity index (χ3n) is 3.80. The Bertz CT molecular complexity index is 888. The van der Waals surface area contributed by atoms with Gasteiger partial charge in [-0.25, -0.2) is 4.98 Å². The normalized spacial score (nSPS) is 12.4. The van der Waals surface area contributed by atoms with Crippen molar-refractivity contribution in [2.24, 2.45) is 0 Å². The molecule has 0 unspecified atom stereocenters. The van der Waals surface area contributed by atoms with Gasteiger partial charge in [-0.2, -0.15) is 5.26 Å². The summed E-state index contributed by atoms with van der Waals surface area (Å²) in [5.41, 5.74) is 2.10. The van der Waals surface area contributed by atoms with Crippen molar-refractivity contribution in [1.82, 2.24) is 4.98 Å². The molecule has 1 N–H and O–H groups in total. The molecule has 8 nitrogen and oxygen atoms in total. The van der Waals surface area contributed by atoms with Gasteiger partial charge >= 0.3 is 5.69 Å². The fourth-order valence-corrected chi connectivity index (χ4v) is 2.71. The number of hydrogen-bond acceptors (Lipinski definition) is 6. The minimum Gasteiger partial charge on any atom is -0.340 e. The van der Waals surface area contributed by atoms with E-state index in [0.717, 1.165) is 23.4 Å². The van der Waals surface area contributed by atoms with E-state index >= 15 is 0 Å². The van der Waals surface area contributed by atoms with Crippen molar-refractivity contribution >= 4 is 28.8 Å². The number of fused-ring (bicyclic) bond motifs is 1. The molecule has 0 saturated heterocycles. The molecule has 0 atom stereocenters. The highest BCUT2D eigenvalue weighted by Gasteiger charge is 2.22. The van der Waals surface area contributed by atoms with Crippen LogP contribution in [0.15, 0.2) is 30.3 Å². The van der Waals surface area contributed by atoms with Crippen molar-refractivity contribution in [3.8, 4) is 6.07 Å². The lowest BCUT2D eigenvalue weighted by Crippen LogP contribution is -2.25. The van der Waals surface area contributed by atoms with E-state index in [2.05, 4.69) is 10.3 Å². The van der Waals surface area contributed by atoms with E-state index < -0.39 is 4.92 Å². The molecule has 8 heteroatoms. The second-order valence-corrected chi connectivity index (χ2v) is 5.32. The van der Waals surface area contributed by atoms with Crippen LogP contribution in [0.2, 0.25) is 0 Å². The molecule has 3 rings (SSSR count). The third kappa shape index (κ3) is 2.75. The van der Waals surface area contributed by atoms with Crippen molar-refractivity contribution in [3.05, 3.63) is 51.7 Å². The number of rotatable bonds is 3. The van der Waals surface area contributed by atoms with E-state index in [-0.39, 0.29) is 17.3 Å². The number of nitrogens with one attached hydrogen (secondary N) is 1. The van der Waals surface area contributed by atoms with E-state index in [0.29, 0.717) is 12.4 Å². The van der Waals surface area contributed by atoms with Gasteiger partial charge in [-0.15, -0.1) is 0 Å². The maximum Gasteiger partial charge on any atom is 0.305 e. The van der Waals surface area contributed by atoms with Crippen LogP contribution < -0.4 is 10.2 Å². The van der Waals surface area contributed by atoms with E-state index in [1.165, 1.54) is 19.1 Å². The molecule has 0 aliphatic carbocycles. The number of nitriles is 1. The predicted octanol–water partition coefficient (Wildman–Crippen LogP) is 2.51. The summed E-state index contributed by atoms with van der Waals surface area (Å²) >= 11 is 0. The molecule has 2 heterocycles. The number of benzene rings is 1. The van der Waals surface area contributed by atoms with Crippen LogP contribution in [0.4, 0.5) is 22.9 Å². The van der Waals surface area contributed by atoms with Gasteiger partial charge < -0.3 is 10.2 Å². The van der Waals surface area contributed by atoms with Gasteiger partial charge in [0.2, 0.25) is 11.6 Å². The van der Waals surface area contributed by atoms with Crippen molar-refractivity contribution in [2.75, 3.05) is 16.8 Å². The topological polar surface area (TPSA) is 112 Å². The Morgan fingerprint density at radius 1 is 1.42 bits per heavy atom. The monoisotopic (exact) mass is 323 g/mol. The van der Waals surface area contributed by atoms with Gasteiger partial charge in [-0.05, 0) is 36.2 Å². The summed E-state index contributed by atoms with van der Waals surface area (Å²) in [4.78, 5) is 27.4. The molecule has 0 bridgehead atoms. The average Bonchev–Trinajstić information content (AvgIpc) is 2.97. The van der Waals surface area contributed by atoms with Crippen molar-refractivity contribution in [1.29, 1.82) is 5.26 Å². The lowest BCUT2D eigenvalue weighted by atomic mass is 10.1. The van der Waals surface area contributed by atoms with Crippen LogP contribution in [0.5, 0.6) is 0 Å². The number of amides is 1. The Morgan fingerprint density at radius 2 is 2.21 bits per heavy atom. The molecule has 1 aromatic heterocycles. The molecule has 0 radical (unpaired) electrons. The molecule has 1 aromatic carbocycles. The summed E-state index contributed by atoms with van der Waals surface area (Å²) in [6, 6.07) is 9.99. The molecule has 120 valence electrons. The van der Waals surface area contributed by atoms with Crippen molar-refractivity contribution < 1.29 is 9.72 Å². The summed E-state index contributed by atoms with van der Waals surface area (Å²) in [5.74, 6) is 0.351. The zero-order valence-electron chi connectivity index (χ0n) is 12.8. The first kappa shape index (κ1) is 15.4. The Balaban J connectivity index is 1.87. The number of anilines is 3. The van der Waals surface area contributed by atoms with E-state index in [9.17, 15) is 14.9 Å². The minimum absolute atomic E-state index is 0.00477. The van der Waals surface area contributed by atoms with Crippen LogP contribution in [-0.2, 0) is 11.2 Å². The highest BCUT2D eigenvalue weighted by atomic mass is 16.6. The average molecular weight is 323 g/mol. The van der Waals surface area contributed by atoms with E-state index in [1.807, 2.05) is 12.1 Å². The first-order valence-corrected chi connectivity index (χ1v) is 7.23. The summed E-state index contributed by atoms with van der Waals surface area (Å²) in [7, 11) is 0. The highest BCUT2D eigenvalue weighted by Crippen LogP contribution is 2.31. The smallest absolute Gasteiger partial charge is 0.305 e. The Morgan fingerprint density at radius 3 is 2.88 bits per heavy atom. The molecule has 0 fully saturated rings. The summed E-state index contributed by atoms with van der Waals surface area (Å²) in [5, 5.41) is 22.8. The Hall–Kier alpha value is -3.47. The van der Waals surface area contributed by atoms with Gasteiger partial charge in [0.05, 0.1) is 4.92 Å². The third-order valence-corrected chi connectivity index (χ3v) is 3.80. The summed E-state index contributed by atoms with van der Waals surface area (Å²) in [6.07, 6.45) is 0.765. The van der Waals surface area contributed by atoms with Crippen LogP contribution in [-0.4, -0.2) is 22.4 Å². The molecule has 0 spiro atoms. The fourth-order valence-electron chi connectivity index (χ4n) is 2.71. The molecular weight excluding hydrogens is 310 g/mol. The van der Waals surface area contributed by atoms with Crippen molar-refractivity contribution in [2.45, 2.75) is 13.3 Å². The number of carbonyl (C=O) groups excluding carboxylic acids is 1. The zero-order valence-corrected chi connectivity index (χ0v) is 12.8. The highest BCUT2D eigenvalue weighted by molar-refractivity contribution is 5.94. The fraction of sp³-hybridized carbons (Fsp3) is 0.188. The number of nitro groups is 1. The van der Waals surface area contributed by atoms with Gasteiger partial charge in [-0.1, -0.05) is 0 Å². The molecule has 24 heavy (non-hydrogen) atoms. The van der Waals surface area contributed by atoms with Gasteiger partial charge in [-0.3, -0.25) is 14.9 Å². The maximum atomic E-state index is 11.6. The Kier molecular flexibility index (Phi) is 3.83. The Labute approximate surface area is 137 Å². The standard InChI is InChI=1S/C16H13N5O3/c1-10(22)20-7-6-11-8-12(2-3-14(11)20)18-16-5-4-15(21(23)24)13(9-17)19-16/h2-5,8H,6-7H2,1H3,(H,18,19). The second-order valence-electron chi connectivity index (χ2n) is 5.32. The van der Waals surface area contributed by atoms with Crippen LogP contribution in [0, 0.1) is 21.4 Å². The van der Waals surface area contributed by atoms with Crippen molar-refractivity contribution in [3.63, 3.8) is 0 Å². The molecule has 1 amide bonds. The minimum atomic E-state index is -0.638. The quantitative estimate of drug-likeness (QED) is 0.686. The molecule has 1 aliphatic rings. The SMILES string of the molecule is CC(=O)N1CCc2cc(Nc3ccc([N+](=O)[O-])c(C#N)n3)ccc21. The first-order valence-electron chi connectivity index (χ1n) is 7.23. The molecule has 2 aromatic rings. The number of aromatic nitrogens is 1. The van der Waals surface area contributed by atoms with Gasteiger partial charge in [0, 0.05) is 30.9 Å².